The molecule has 1 atom stereocenters. The SMILES string of the molecule is COc1ccc(S[C@@H](C)C(=O)NCc2ccc(N3CCN(C)CC3)cc2)cc1. The molecule has 0 radical (unpaired) electrons. The van der Waals surface area contributed by atoms with Gasteiger partial charge in [0, 0.05) is 43.3 Å². The number of anilines is 1. The predicted octanol–water partition coefficient (Wildman–Crippen LogP) is 3.24. The van der Waals surface area contributed by atoms with Crippen molar-refractivity contribution in [1.82, 2.24) is 10.2 Å². The number of carbonyl (C=O) groups excluding carboxylic acids is 1. The summed E-state index contributed by atoms with van der Waals surface area (Å²) in [5.74, 6) is 0.866. The lowest BCUT2D eigenvalue weighted by atomic mass is 10.1. The zero-order chi connectivity index (χ0) is 19.9. The monoisotopic (exact) mass is 399 g/mol. The highest BCUT2D eigenvalue weighted by Gasteiger charge is 2.15. The number of nitrogens with zero attached hydrogens (tertiary/aromatic N) is 2. The van der Waals surface area contributed by atoms with Crippen molar-refractivity contribution < 1.29 is 9.53 Å². The number of thioether (sulfide) groups is 1. The highest BCUT2D eigenvalue weighted by molar-refractivity contribution is 8.00. The average Bonchev–Trinajstić information content (AvgIpc) is 2.73. The second-order valence-electron chi connectivity index (χ2n) is 7.11. The number of benzene rings is 2. The van der Waals surface area contributed by atoms with Gasteiger partial charge in [0.25, 0.3) is 0 Å². The molecule has 1 aliphatic rings. The van der Waals surface area contributed by atoms with Crippen LogP contribution in [0.1, 0.15) is 12.5 Å². The predicted molar refractivity (Wildman–Crippen MR) is 116 cm³/mol. The van der Waals surface area contributed by atoms with E-state index in [4.69, 9.17) is 4.74 Å². The fraction of sp³-hybridized carbons (Fsp3) is 0.409. The normalized spacial score (nSPS) is 15.9. The van der Waals surface area contributed by atoms with Crippen molar-refractivity contribution in [2.24, 2.45) is 0 Å². The lowest BCUT2D eigenvalue weighted by Crippen LogP contribution is -2.44. The molecular formula is C22H29N3O2S. The minimum atomic E-state index is -0.155. The number of amides is 1. The third-order valence-corrected chi connectivity index (χ3v) is 6.12. The molecule has 5 nitrogen and oxygen atoms in total. The minimum Gasteiger partial charge on any atom is -0.497 e. The standard InChI is InChI=1S/C22H29N3O2S/c1-17(28-21-10-8-20(27-3)9-11-21)22(26)23-16-18-4-6-19(7-5-18)25-14-12-24(2)13-15-25/h4-11,17H,12-16H2,1-3H3,(H,23,26)/t17-/m0/s1. The first-order chi connectivity index (χ1) is 13.5. The lowest BCUT2D eigenvalue weighted by Gasteiger charge is -2.34. The van der Waals surface area contributed by atoms with E-state index in [0.717, 1.165) is 42.4 Å². The van der Waals surface area contributed by atoms with E-state index < -0.39 is 0 Å². The summed E-state index contributed by atoms with van der Waals surface area (Å²) in [5.41, 5.74) is 2.37. The summed E-state index contributed by atoms with van der Waals surface area (Å²) in [6, 6.07) is 16.3. The number of hydrogen-bond donors (Lipinski definition) is 1. The molecule has 0 saturated carbocycles. The molecule has 1 amide bonds. The van der Waals surface area contributed by atoms with Gasteiger partial charge < -0.3 is 19.9 Å². The van der Waals surface area contributed by atoms with Gasteiger partial charge in [0.15, 0.2) is 0 Å². The van der Waals surface area contributed by atoms with Crippen LogP contribution >= 0.6 is 11.8 Å². The van der Waals surface area contributed by atoms with Gasteiger partial charge >= 0.3 is 0 Å². The van der Waals surface area contributed by atoms with E-state index in [9.17, 15) is 4.79 Å². The fourth-order valence-corrected chi connectivity index (χ4v) is 4.03. The Bertz CT molecular complexity index is 756. The molecule has 0 spiro atoms. The van der Waals surface area contributed by atoms with E-state index in [1.54, 1.807) is 18.9 Å². The number of piperazine rings is 1. The van der Waals surface area contributed by atoms with Gasteiger partial charge in [0.05, 0.1) is 12.4 Å². The number of methoxy groups -OCH3 is 1. The Morgan fingerprint density at radius 2 is 1.71 bits per heavy atom. The number of likely N-dealkylation sites (N-methyl/N-ethyl adjacent to an activating group) is 1. The highest BCUT2D eigenvalue weighted by Crippen LogP contribution is 2.25. The Morgan fingerprint density at radius 3 is 2.32 bits per heavy atom. The summed E-state index contributed by atoms with van der Waals surface area (Å²) < 4.78 is 5.17. The maximum Gasteiger partial charge on any atom is 0.233 e. The molecule has 1 heterocycles. The second kappa shape index (κ2) is 9.85. The van der Waals surface area contributed by atoms with Gasteiger partial charge in [-0.25, -0.2) is 0 Å². The quantitative estimate of drug-likeness (QED) is 0.724. The molecule has 0 unspecified atom stereocenters. The first kappa shape index (κ1) is 20.6. The molecule has 1 aliphatic heterocycles. The molecule has 2 aromatic carbocycles. The number of nitrogens with one attached hydrogen (secondary N) is 1. The van der Waals surface area contributed by atoms with E-state index in [0.29, 0.717) is 6.54 Å². The van der Waals surface area contributed by atoms with Crippen LogP contribution in [0.15, 0.2) is 53.4 Å². The molecule has 28 heavy (non-hydrogen) atoms. The van der Waals surface area contributed by atoms with Crippen LogP contribution in [0.25, 0.3) is 0 Å². The largest absolute Gasteiger partial charge is 0.497 e. The van der Waals surface area contributed by atoms with Gasteiger partial charge in [-0.15, -0.1) is 11.8 Å². The summed E-state index contributed by atoms with van der Waals surface area (Å²) >= 11 is 1.55. The average molecular weight is 400 g/mol. The van der Waals surface area contributed by atoms with E-state index in [2.05, 4.69) is 46.4 Å². The molecule has 6 heteroatoms. The number of carbonyl (C=O) groups is 1. The van der Waals surface area contributed by atoms with Crippen LogP contribution in [-0.2, 0) is 11.3 Å². The van der Waals surface area contributed by atoms with Crippen LogP contribution in [0.2, 0.25) is 0 Å². The number of rotatable bonds is 7. The van der Waals surface area contributed by atoms with Crippen LogP contribution in [-0.4, -0.2) is 56.4 Å². The van der Waals surface area contributed by atoms with E-state index >= 15 is 0 Å². The molecule has 0 bridgehead atoms. The van der Waals surface area contributed by atoms with Crippen LogP contribution in [0, 0.1) is 0 Å². The van der Waals surface area contributed by atoms with Crippen LogP contribution in [0.4, 0.5) is 5.69 Å². The number of ether oxygens (including phenoxy) is 1. The first-order valence-electron chi connectivity index (χ1n) is 9.66. The Hall–Kier alpha value is -2.18. The third kappa shape index (κ3) is 5.66. The van der Waals surface area contributed by atoms with E-state index in [-0.39, 0.29) is 11.2 Å². The van der Waals surface area contributed by atoms with Crippen molar-refractivity contribution in [3.63, 3.8) is 0 Å². The van der Waals surface area contributed by atoms with Crippen molar-refractivity contribution in [1.29, 1.82) is 0 Å². The summed E-state index contributed by atoms with van der Waals surface area (Å²) in [5, 5.41) is 2.89. The molecule has 3 rings (SSSR count). The Kier molecular flexibility index (Phi) is 7.23. The van der Waals surface area contributed by atoms with Crippen LogP contribution in [0.5, 0.6) is 5.75 Å². The topological polar surface area (TPSA) is 44.8 Å². The van der Waals surface area contributed by atoms with Gasteiger partial charge in [-0.2, -0.15) is 0 Å². The summed E-state index contributed by atoms with van der Waals surface area (Å²) in [4.78, 5) is 18.2. The van der Waals surface area contributed by atoms with Crippen molar-refractivity contribution in [2.75, 3.05) is 45.2 Å². The molecule has 0 aliphatic carbocycles. The highest BCUT2D eigenvalue weighted by atomic mass is 32.2. The fourth-order valence-electron chi connectivity index (χ4n) is 3.13. The Balaban J connectivity index is 1.46. The van der Waals surface area contributed by atoms with Crippen LogP contribution < -0.4 is 15.0 Å². The van der Waals surface area contributed by atoms with Gasteiger partial charge in [0.1, 0.15) is 5.75 Å². The van der Waals surface area contributed by atoms with Gasteiger partial charge in [-0.3, -0.25) is 4.79 Å². The number of hydrogen-bond acceptors (Lipinski definition) is 5. The Morgan fingerprint density at radius 1 is 1.07 bits per heavy atom. The maximum atomic E-state index is 12.4. The molecule has 1 saturated heterocycles. The summed E-state index contributed by atoms with van der Waals surface area (Å²) in [6.07, 6.45) is 0. The van der Waals surface area contributed by atoms with Crippen molar-refractivity contribution in [2.45, 2.75) is 23.6 Å². The van der Waals surface area contributed by atoms with Crippen molar-refractivity contribution in [3.8, 4) is 5.75 Å². The Labute approximate surface area is 172 Å². The lowest BCUT2D eigenvalue weighted by molar-refractivity contribution is -0.120. The zero-order valence-electron chi connectivity index (χ0n) is 16.9. The summed E-state index contributed by atoms with van der Waals surface area (Å²) in [6.45, 7) is 6.80. The van der Waals surface area contributed by atoms with Gasteiger partial charge in [-0.05, 0) is 55.9 Å². The zero-order valence-corrected chi connectivity index (χ0v) is 17.7. The van der Waals surface area contributed by atoms with Gasteiger partial charge in [0.2, 0.25) is 5.91 Å². The molecule has 150 valence electrons. The molecule has 0 aromatic heterocycles. The maximum absolute atomic E-state index is 12.4. The van der Waals surface area contributed by atoms with Crippen LogP contribution in [0.3, 0.4) is 0 Å². The summed E-state index contributed by atoms with van der Waals surface area (Å²) in [7, 11) is 3.81. The molecular weight excluding hydrogens is 370 g/mol. The van der Waals surface area contributed by atoms with Crippen molar-refractivity contribution in [3.05, 3.63) is 54.1 Å². The molecule has 2 aromatic rings. The van der Waals surface area contributed by atoms with Gasteiger partial charge in [-0.1, -0.05) is 12.1 Å². The minimum absolute atomic E-state index is 0.0453. The van der Waals surface area contributed by atoms with Crippen molar-refractivity contribution >= 4 is 23.4 Å². The van der Waals surface area contributed by atoms with E-state index in [1.807, 2.05) is 31.2 Å². The molecule has 1 fully saturated rings. The smallest absolute Gasteiger partial charge is 0.233 e. The second-order valence-corrected chi connectivity index (χ2v) is 8.52. The third-order valence-electron chi connectivity index (χ3n) is 5.01. The molecule has 1 N–H and O–H groups in total. The first-order valence-corrected chi connectivity index (χ1v) is 10.5. The van der Waals surface area contributed by atoms with E-state index in [1.165, 1.54) is 5.69 Å².